The van der Waals surface area contributed by atoms with Crippen molar-refractivity contribution in [3.05, 3.63) is 49.1 Å². The number of imidazole rings is 1. The van der Waals surface area contributed by atoms with Crippen LogP contribution in [-0.2, 0) is 29.1 Å². The fraction of sp³-hybridized carbons (Fsp3) is 0.595. The van der Waals surface area contributed by atoms with Crippen molar-refractivity contribution in [2.75, 3.05) is 6.54 Å². The number of carbonyl (C=O) groups excluding carboxylic acids is 4. The molecule has 1 aromatic carbocycles. The van der Waals surface area contributed by atoms with Crippen molar-refractivity contribution in [3.63, 3.8) is 0 Å². The number of hydrogen-bond acceptors (Lipinski definition) is 11. The van der Waals surface area contributed by atoms with Crippen LogP contribution in [0.1, 0.15) is 112 Å². The molecular weight excluding hydrogens is 763 g/mol. The Hall–Kier alpha value is -4.86. The molecule has 2 saturated carbocycles. The summed E-state index contributed by atoms with van der Waals surface area (Å²) in [5.74, 6) is -1.86. The Bertz CT molecular complexity index is 2210. The van der Waals surface area contributed by atoms with E-state index in [1.807, 2.05) is 48.8 Å². The number of benzene rings is 1. The SMILES string of the molecule is CC(C)n1c(O[C@@H]2C[C@H]3C(=O)C[C@]4(C(=O)NS(=O)(=O)C5(C)CC5)C[C@@H]4/C=C\CCCCC[C@H](NC(=O)OC(C)(C)C)C(=O)N3C2)nc2c(-c3cncnc3)cccc21. The van der Waals surface area contributed by atoms with Crippen LogP contribution in [0.4, 0.5) is 4.79 Å². The van der Waals surface area contributed by atoms with E-state index in [1.54, 1.807) is 40.1 Å². The van der Waals surface area contributed by atoms with E-state index in [1.165, 1.54) is 11.2 Å². The number of carbonyl (C=O) groups is 4. The van der Waals surface area contributed by atoms with E-state index in [0.29, 0.717) is 50.1 Å². The molecule has 7 rings (SSSR count). The lowest BCUT2D eigenvalue weighted by Gasteiger charge is -2.30. The van der Waals surface area contributed by atoms with Crippen molar-refractivity contribution >= 4 is 44.7 Å². The lowest BCUT2D eigenvalue weighted by molar-refractivity contribution is -0.140. The summed E-state index contributed by atoms with van der Waals surface area (Å²) in [5, 5.41) is 2.79. The second kappa shape index (κ2) is 15.7. The molecule has 0 radical (unpaired) electrons. The fourth-order valence-corrected chi connectivity index (χ4v) is 9.57. The first-order chi connectivity index (χ1) is 27.4. The van der Waals surface area contributed by atoms with Gasteiger partial charge in [-0.15, -0.1) is 0 Å². The number of allylic oxidation sites excluding steroid dienone is 2. The molecule has 58 heavy (non-hydrogen) atoms. The van der Waals surface area contributed by atoms with Gasteiger partial charge in [0.1, 0.15) is 29.6 Å². The van der Waals surface area contributed by atoms with Crippen molar-refractivity contribution in [1.29, 1.82) is 0 Å². The molecule has 0 bridgehead atoms. The minimum absolute atomic E-state index is 0.0116. The Balaban J connectivity index is 1.22. The molecule has 16 heteroatoms. The number of amides is 3. The first-order valence-corrected chi connectivity index (χ1v) is 21.9. The van der Waals surface area contributed by atoms with Gasteiger partial charge in [0.2, 0.25) is 21.8 Å². The highest BCUT2D eigenvalue weighted by atomic mass is 32.2. The highest BCUT2D eigenvalue weighted by Crippen LogP contribution is 2.57. The summed E-state index contributed by atoms with van der Waals surface area (Å²) in [6, 6.07) is 4.05. The number of aromatic nitrogens is 4. The maximum absolute atomic E-state index is 14.7. The van der Waals surface area contributed by atoms with Gasteiger partial charge in [-0.05, 0) is 92.1 Å². The molecule has 2 aliphatic heterocycles. The third-order valence-electron chi connectivity index (χ3n) is 11.9. The third-order valence-corrected chi connectivity index (χ3v) is 14.1. The lowest BCUT2D eigenvalue weighted by atomic mass is 9.91. The topological polar surface area (TPSA) is 192 Å². The van der Waals surface area contributed by atoms with Crippen LogP contribution in [0.5, 0.6) is 6.01 Å². The largest absolute Gasteiger partial charge is 0.459 e. The zero-order valence-electron chi connectivity index (χ0n) is 34.2. The molecular formula is C42H55N7O8S. The summed E-state index contributed by atoms with van der Waals surface area (Å²) < 4.78 is 42.0. The van der Waals surface area contributed by atoms with E-state index in [-0.39, 0.29) is 37.1 Å². The van der Waals surface area contributed by atoms with Gasteiger partial charge in [0, 0.05) is 42.4 Å². The zero-order chi connectivity index (χ0) is 41.6. The highest BCUT2D eigenvalue weighted by molar-refractivity contribution is 7.91. The van der Waals surface area contributed by atoms with E-state index < -0.39 is 61.9 Å². The number of alkyl carbamates (subject to hydrolysis) is 1. The number of nitrogens with zero attached hydrogens (tertiary/aromatic N) is 5. The monoisotopic (exact) mass is 817 g/mol. The summed E-state index contributed by atoms with van der Waals surface area (Å²) in [6.45, 7) is 10.9. The smallest absolute Gasteiger partial charge is 0.408 e. The van der Waals surface area contributed by atoms with Gasteiger partial charge in [-0.3, -0.25) is 23.7 Å². The molecule has 5 atom stereocenters. The quantitative estimate of drug-likeness (QED) is 0.261. The molecule has 3 amide bonds. The fourth-order valence-electron chi connectivity index (χ4n) is 8.24. The van der Waals surface area contributed by atoms with Crippen molar-refractivity contribution in [2.24, 2.45) is 11.3 Å². The Labute approximate surface area is 339 Å². The summed E-state index contributed by atoms with van der Waals surface area (Å²) >= 11 is 0. The van der Waals surface area contributed by atoms with E-state index in [4.69, 9.17) is 14.5 Å². The summed E-state index contributed by atoms with van der Waals surface area (Å²) in [7, 11) is -3.96. The standard InChI is InChI=1S/C42H55N7O8S/c1-26(2)49-32-16-12-14-30(27-22-43-25-44-23-27)35(32)46-38(49)56-29-19-33-34(50)21-42(37(52)47-58(54,55)41(6)17-18-41)20-28(42)13-10-8-7-9-11-15-31(36(51)48(33)24-29)45-39(53)57-40(3,4)5/h10,12-14,16,22-23,25-26,28-29,31,33H,7-9,11,15,17-21,24H2,1-6H3,(H,45,53)(H,47,52)/b13-10-/t28-,29+,31-,33-,42+/m0/s1. The van der Waals surface area contributed by atoms with Crippen LogP contribution in [0, 0.1) is 11.3 Å². The van der Waals surface area contributed by atoms with Crippen molar-refractivity contribution in [3.8, 4) is 17.1 Å². The molecule has 3 aromatic rings. The minimum Gasteiger partial charge on any atom is -0.459 e. The summed E-state index contributed by atoms with van der Waals surface area (Å²) in [5.41, 5.74) is 1.01. The van der Waals surface area contributed by atoms with Gasteiger partial charge in [-0.2, -0.15) is 4.98 Å². The zero-order valence-corrected chi connectivity index (χ0v) is 35.0. The van der Waals surface area contributed by atoms with Crippen molar-refractivity contribution in [1.82, 2.24) is 34.5 Å². The maximum Gasteiger partial charge on any atom is 0.408 e. The first-order valence-electron chi connectivity index (χ1n) is 20.4. The van der Waals surface area contributed by atoms with Crippen LogP contribution in [0.25, 0.3) is 22.2 Å². The summed E-state index contributed by atoms with van der Waals surface area (Å²) in [4.78, 5) is 71.3. The minimum atomic E-state index is -3.96. The average molecular weight is 818 g/mol. The highest BCUT2D eigenvalue weighted by Gasteiger charge is 2.62. The molecule has 1 saturated heterocycles. The van der Waals surface area contributed by atoms with Crippen LogP contribution in [0.15, 0.2) is 49.1 Å². The third kappa shape index (κ3) is 8.48. The van der Waals surface area contributed by atoms with E-state index in [2.05, 4.69) is 20.0 Å². The molecule has 4 aliphatic rings. The van der Waals surface area contributed by atoms with Crippen molar-refractivity contribution in [2.45, 2.75) is 140 Å². The lowest BCUT2D eigenvalue weighted by Crippen LogP contribution is -2.53. The van der Waals surface area contributed by atoms with Crippen LogP contribution in [-0.4, -0.2) is 91.6 Å². The Morgan fingerprint density at radius 1 is 1.05 bits per heavy atom. The Kier molecular flexibility index (Phi) is 11.2. The molecule has 3 fully saturated rings. The second-order valence-electron chi connectivity index (χ2n) is 17.9. The number of nitrogens with one attached hydrogen (secondary N) is 2. The van der Waals surface area contributed by atoms with E-state index in [9.17, 15) is 27.6 Å². The first kappa shape index (κ1) is 41.3. The predicted molar refractivity (Wildman–Crippen MR) is 216 cm³/mol. The maximum atomic E-state index is 14.7. The van der Waals surface area contributed by atoms with Gasteiger partial charge in [0.25, 0.3) is 6.01 Å². The van der Waals surface area contributed by atoms with Gasteiger partial charge in [-0.1, -0.05) is 37.1 Å². The molecule has 2 N–H and O–H groups in total. The number of fused-ring (bicyclic) bond motifs is 3. The van der Waals surface area contributed by atoms with Crippen LogP contribution >= 0.6 is 0 Å². The summed E-state index contributed by atoms with van der Waals surface area (Å²) in [6.07, 6.45) is 11.7. The predicted octanol–water partition coefficient (Wildman–Crippen LogP) is 5.80. The van der Waals surface area contributed by atoms with Crippen molar-refractivity contribution < 1.29 is 37.1 Å². The number of ether oxygens (including phenoxy) is 2. The van der Waals surface area contributed by atoms with E-state index >= 15 is 0 Å². The molecule has 2 aromatic heterocycles. The van der Waals surface area contributed by atoms with Gasteiger partial charge < -0.3 is 19.7 Å². The molecule has 312 valence electrons. The Morgan fingerprint density at radius 2 is 1.79 bits per heavy atom. The van der Waals surface area contributed by atoms with Gasteiger partial charge >= 0.3 is 6.09 Å². The molecule has 0 spiro atoms. The second-order valence-corrected chi connectivity index (χ2v) is 20.1. The normalized spacial score (nSPS) is 26.8. The van der Waals surface area contributed by atoms with Gasteiger partial charge in [-0.25, -0.2) is 23.2 Å². The number of Topliss-reactive ketones (excluding diaryl/α,β-unsaturated/α-hetero) is 1. The number of ketones is 1. The number of sulfonamides is 1. The van der Waals surface area contributed by atoms with E-state index in [0.717, 1.165) is 29.5 Å². The van der Waals surface area contributed by atoms with Crippen LogP contribution < -0.4 is 14.8 Å². The molecule has 4 heterocycles. The molecule has 15 nitrogen and oxygen atoms in total. The van der Waals surface area contributed by atoms with Gasteiger partial charge in [0.05, 0.1) is 28.3 Å². The van der Waals surface area contributed by atoms with Crippen LogP contribution in [0.3, 0.4) is 0 Å². The van der Waals surface area contributed by atoms with Gasteiger partial charge in [0.15, 0.2) is 5.78 Å². The Morgan fingerprint density at radius 3 is 2.48 bits per heavy atom. The number of hydrogen-bond donors (Lipinski definition) is 2. The molecule has 0 unspecified atom stereocenters. The number of para-hydroxylation sites is 1. The van der Waals surface area contributed by atoms with Crippen LogP contribution in [0.2, 0.25) is 0 Å². The molecule has 2 aliphatic carbocycles. The number of rotatable bonds is 8. The average Bonchev–Trinajstić information content (AvgIpc) is 3.97.